The summed E-state index contributed by atoms with van der Waals surface area (Å²) in [5, 5.41) is 0.322. The van der Waals surface area contributed by atoms with Gasteiger partial charge in [0.15, 0.2) is 0 Å². The molecular formula is C12H17ClN2O4S. The topological polar surface area (TPSA) is 84.5 Å². The first-order chi connectivity index (χ1) is 9.16. The maximum Gasteiger partial charge on any atom is 0.340 e. The smallest absolute Gasteiger partial charge is 0.340 e. The van der Waals surface area contributed by atoms with Crippen LogP contribution < -0.4 is 9.44 Å². The minimum absolute atomic E-state index is 0.0617. The summed E-state index contributed by atoms with van der Waals surface area (Å²) in [6, 6.07) is 2.64. The minimum Gasteiger partial charge on any atom is -0.465 e. The molecule has 0 bridgehead atoms. The third-order valence-electron chi connectivity index (χ3n) is 2.33. The predicted octanol–water partition coefficient (Wildman–Crippen LogP) is 2.09. The average Bonchev–Trinajstić information content (AvgIpc) is 2.29. The Balaban J connectivity index is 3.27. The number of rotatable bonds is 5. The summed E-state index contributed by atoms with van der Waals surface area (Å²) in [6.07, 6.45) is 0. The molecule has 1 aromatic carbocycles. The van der Waals surface area contributed by atoms with Crippen LogP contribution in [-0.4, -0.2) is 27.5 Å². The van der Waals surface area contributed by atoms with E-state index in [0.29, 0.717) is 10.6 Å². The molecule has 20 heavy (non-hydrogen) atoms. The van der Waals surface area contributed by atoms with Gasteiger partial charge in [0.25, 0.3) is 10.2 Å². The van der Waals surface area contributed by atoms with Gasteiger partial charge in [-0.3, -0.25) is 4.72 Å². The van der Waals surface area contributed by atoms with Crippen LogP contribution >= 0.6 is 11.6 Å². The summed E-state index contributed by atoms with van der Waals surface area (Å²) < 4.78 is 33.1. The van der Waals surface area contributed by atoms with Gasteiger partial charge in [0.05, 0.1) is 18.4 Å². The number of methoxy groups -OCH3 is 1. The Morgan fingerprint density at radius 1 is 1.35 bits per heavy atom. The van der Waals surface area contributed by atoms with E-state index in [4.69, 9.17) is 11.6 Å². The Labute approximate surface area is 123 Å². The number of esters is 1. The number of nitrogens with one attached hydrogen (secondary N) is 2. The second kappa shape index (κ2) is 6.43. The molecule has 1 rings (SSSR count). The molecule has 0 atom stereocenters. The van der Waals surface area contributed by atoms with Gasteiger partial charge < -0.3 is 4.74 Å². The molecule has 2 N–H and O–H groups in total. The number of halogens is 1. The fourth-order valence-corrected chi connectivity index (χ4v) is 3.12. The second-order valence-corrected chi connectivity index (χ2v) is 6.40. The van der Waals surface area contributed by atoms with Crippen molar-refractivity contribution in [1.82, 2.24) is 4.72 Å². The molecule has 0 aliphatic heterocycles. The van der Waals surface area contributed by atoms with Crippen molar-refractivity contribution >= 4 is 33.5 Å². The lowest BCUT2D eigenvalue weighted by molar-refractivity contribution is 0.0602. The number of aryl methyl sites for hydroxylation is 1. The summed E-state index contributed by atoms with van der Waals surface area (Å²) in [5.41, 5.74) is 0.730. The number of carbonyl (C=O) groups excluding carboxylic acids is 1. The third kappa shape index (κ3) is 4.36. The summed E-state index contributed by atoms with van der Waals surface area (Å²) in [4.78, 5) is 11.7. The lowest BCUT2D eigenvalue weighted by Gasteiger charge is -2.16. The van der Waals surface area contributed by atoms with Gasteiger partial charge in [-0.15, -0.1) is 0 Å². The fourth-order valence-electron chi connectivity index (χ4n) is 1.62. The maximum absolute atomic E-state index is 11.9. The van der Waals surface area contributed by atoms with E-state index >= 15 is 0 Å². The quantitative estimate of drug-likeness (QED) is 0.814. The molecule has 0 aromatic heterocycles. The van der Waals surface area contributed by atoms with E-state index in [-0.39, 0.29) is 17.3 Å². The molecule has 0 aliphatic rings. The number of anilines is 1. The van der Waals surface area contributed by atoms with Crippen LogP contribution in [0, 0.1) is 6.92 Å². The number of hydrogen-bond donors (Lipinski definition) is 2. The highest BCUT2D eigenvalue weighted by Crippen LogP contribution is 2.27. The normalized spacial score (nSPS) is 11.5. The first-order valence-corrected chi connectivity index (χ1v) is 7.71. The van der Waals surface area contributed by atoms with Gasteiger partial charge >= 0.3 is 5.97 Å². The molecule has 0 radical (unpaired) electrons. The molecule has 0 saturated heterocycles. The van der Waals surface area contributed by atoms with E-state index in [2.05, 4.69) is 14.2 Å². The Hall–Kier alpha value is -1.31. The highest BCUT2D eigenvalue weighted by Gasteiger charge is 2.20. The molecule has 112 valence electrons. The first-order valence-electron chi connectivity index (χ1n) is 5.85. The molecule has 0 unspecified atom stereocenters. The zero-order valence-electron chi connectivity index (χ0n) is 11.7. The summed E-state index contributed by atoms with van der Waals surface area (Å²) in [6.45, 7) is 5.02. The van der Waals surface area contributed by atoms with Crippen LogP contribution in [0.15, 0.2) is 12.1 Å². The first kappa shape index (κ1) is 16.7. The molecule has 8 heteroatoms. The minimum atomic E-state index is -3.78. The number of hydrogen-bond acceptors (Lipinski definition) is 4. The van der Waals surface area contributed by atoms with Gasteiger partial charge in [0.2, 0.25) is 0 Å². The van der Waals surface area contributed by atoms with Crippen LogP contribution in [0.4, 0.5) is 5.69 Å². The van der Waals surface area contributed by atoms with Crippen molar-refractivity contribution in [3.05, 3.63) is 28.3 Å². The van der Waals surface area contributed by atoms with Crippen LogP contribution in [0.5, 0.6) is 0 Å². The van der Waals surface area contributed by atoms with E-state index in [9.17, 15) is 13.2 Å². The summed E-state index contributed by atoms with van der Waals surface area (Å²) in [7, 11) is -2.57. The highest BCUT2D eigenvalue weighted by molar-refractivity contribution is 7.90. The van der Waals surface area contributed by atoms with Gasteiger partial charge in [-0.2, -0.15) is 13.1 Å². The van der Waals surface area contributed by atoms with Crippen LogP contribution in [0.3, 0.4) is 0 Å². The van der Waals surface area contributed by atoms with Crippen molar-refractivity contribution in [1.29, 1.82) is 0 Å². The van der Waals surface area contributed by atoms with Crippen molar-refractivity contribution in [3.63, 3.8) is 0 Å². The Morgan fingerprint density at radius 3 is 2.45 bits per heavy atom. The lowest BCUT2D eigenvalue weighted by atomic mass is 10.1. The van der Waals surface area contributed by atoms with Gasteiger partial charge in [0, 0.05) is 11.1 Å². The highest BCUT2D eigenvalue weighted by atomic mass is 35.5. The monoisotopic (exact) mass is 320 g/mol. The Kier molecular flexibility index (Phi) is 5.38. The average molecular weight is 321 g/mol. The predicted molar refractivity (Wildman–Crippen MR) is 78.3 cm³/mol. The lowest BCUT2D eigenvalue weighted by Crippen LogP contribution is -2.35. The Morgan fingerprint density at radius 2 is 1.95 bits per heavy atom. The third-order valence-corrected chi connectivity index (χ3v) is 3.81. The van der Waals surface area contributed by atoms with Gasteiger partial charge in [-0.05, 0) is 38.5 Å². The molecule has 6 nitrogen and oxygen atoms in total. The summed E-state index contributed by atoms with van der Waals surface area (Å²) >= 11 is 5.88. The van der Waals surface area contributed by atoms with Crippen molar-refractivity contribution in [3.8, 4) is 0 Å². The zero-order chi connectivity index (χ0) is 15.5. The van der Waals surface area contributed by atoms with E-state index in [1.807, 2.05) is 0 Å². The standard InChI is InChI=1S/C12H17ClN2O4S/c1-7(2)14-20(17,18)15-11-8(3)5-9(13)6-10(11)12(16)19-4/h5-7,14-15H,1-4H3. The van der Waals surface area contributed by atoms with Crippen LogP contribution in [-0.2, 0) is 14.9 Å². The van der Waals surface area contributed by atoms with Crippen LogP contribution in [0.1, 0.15) is 29.8 Å². The SMILES string of the molecule is COC(=O)c1cc(Cl)cc(C)c1NS(=O)(=O)NC(C)C. The van der Waals surface area contributed by atoms with E-state index in [1.165, 1.54) is 13.2 Å². The van der Waals surface area contributed by atoms with Crippen molar-refractivity contribution in [2.24, 2.45) is 0 Å². The molecule has 0 amide bonds. The molecule has 0 heterocycles. The molecule has 0 spiro atoms. The van der Waals surface area contributed by atoms with Crippen LogP contribution in [0.2, 0.25) is 5.02 Å². The van der Waals surface area contributed by atoms with Gasteiger partial charge in [-0.1, -0.05) is 11.6 Å². The zero-order valence-corrected chi connectivity index (χ0v) is 13.2. The summed E-state index contributed by atoms with van der Waals surface area (Å²) in [5.74, 6) is -0.669. The van der Waals surface area contributed by atoms with Crippen LogP contribution in [0.25, 0.3) is 0 Å². The Bertz CT molecular complexity index is 614. The maximum atomic E-state index is 11.9. The van der Waals surface area contributed by atoms with E-state index in [1.54, 1.807) is 26.8 Å². The van der Waals surface area contributed by atoms with Gasteiger partial charge in [0.1, 0.15) is 0 Å². The molecule has 0 saturated carbocycles. The molecular weight excluding hydrogens is 304 g/mol. The molecule has 0 fully saturated rings. The van der Waals surface area contributed by atoms with E-state index in [0.717, 1.165) is 0 Å². The largest absolute Gasteiger partial charge is 0.465 e. The number of benzene rings is 1. The number of carbonyl (C=O) groups is 1. The second-order valence-electron chi connectivity index (χ2n) is 4.51. The van der Waals surface area contributed by atoms with Gasteiger partial charge in [-0.25, -0.2) is 4.79 Å². The fraction of sp³-hybridized carbons (Fsp3) is 0.417. The van der Waals surface area contributed by atoms with E-state index < -0.39 is 16.2 Å². The van der Waals surface area contributed by atoms with Crippen molar-refractivity contribution in [2.75, 3.05) is 11.8 Å². The number of ether oxygens (including phenoxy) is 1. The van der Waals surface area contributed by atoms with Crippen molar-refractivity contribution < 1.29 is 17.9 Å². The molecule has 1 aromatic rings. The van der Waals surface area contributed by atoms with Crippen molar-refractivity contribution in [2.45, 2.75) is 26.8 Å². The molecule has 0 aliphatic carbocycles.